The van der Waals surface area contributed by atoms with E-state index in [2.05, 4.69) is 10.3 Å². The molecular formula is C38H45N3O8. The highest BCUT2D eigenvalue weighted by Crippen LogP contribution is 2.23. The number of amides is 2. The first kappa shape index (κ1) is 37.0. The third-order valence-corrected chi connectivity index (χ3v) is 7.20. The van der Waals surface area contributed by atoms with Crippen molar-refractivity contribution < 1.29 is 38.1 Å². The molecule has 1 N–H and O–H groups in total. The fourth-order valence-corrected chi connectivity index (χ4v) is 4.79. The van der Waals surface area contributed by atoms with E-state index < -0.39 is 17.6 Å². The van der Waals surface area contributed by atoms with Gasteiger partial charge in [-0.1, -0.05) is 54.6 Å². The highest BCUT2D eigenvalue weighted by Gasteiger charge is 2.29. The quantitative estimate of drug-likeness (QED) is 0.0987. The Balaban J connectivity index is 1.24. The van der Waals surface area contributed by atoms with Gasteiger partial charge in [0.25, 0.3) is 0 Å². The summed E-state index contributed by atoms with van der Waals surface area (Å²) in [7, 11) is 0. The minimum Gasteiger partial charge on any atom is -0.460 e. The molecule has 260 valence electrons. The molecular weight excluding hydrogens is 626 g/mol. The number of benzene rings is 3. The van der Waals surface area contributed by atoms with Crippen molar-refractivity contribution in [1.29, 1.82) is 0 Å². The zero-order chi connectivity index (χ0) is 34.9. The van der Waals surface area contributed by atoms with Crippen LogP contribution in [-0.2, 0) is 28.5 Å². The van der Waals surface area contributed by atoms with E-state index in [0.717, 1.165) is 16.3 Å². The molecule has 11 heteroatoms. The zero-order valence-corrected chi connectivity index (χ0v) is 28.3. The predicted molar refractivity (Wildman–Crippen MR) is 187 cm³/mol. The summed E-state index contributed by atoms with van der Waals surface area (Å²) < 4.78 is 27.7. The van der Waals surface area contributed by atoms with Gasteiger partial charge >= 0.3 is 12.1 Å². The molecule has 0 fully saturated rings. The summed E-state index contributed by atoms with van der Waals surface area (Å²) in [6.45, 7) is 7.65. The van der Waals surface area contributed by atoms with Crippen molar-refractivity contribution in [3.8, 4) is 0 Å². The summed E-state index contributed by atoms with van der Waals surface area (Å²) in [5, 5.41) is 4.95. The molecule has 0 radical (unpaired) electrons. The number of fused-ring (bicyclic) bond motifs is 1. The third-order valence-electron chi connectivity index (χ3n) is 7.20. The number of aromatic nitrogens is 1. The lowest BCUT2D eigenvalue weighted by Crippen LogP contribution is -2.43. The number of hydrogen-bond acceptors (Lipinski definition) is 9. The van der Waals surface area contributed by atoms with E-state index in [-0.39, 0.29) is 44.8 Å². The number of nitrogens with one attached hydrogen (secondary N) is 1. The lowest BCUT2D eigenvalue weighted by Gasteiger charge is -2.30. The van der Waals surface area contributed by atoms with Gasteiger partial charge in [-0.3, -0.25) is 9.78 Å². The largest absolute Gasteiger partial charge is 0.460 e. The van der Waals surface area contributed by atoms with Gasteiger partial charge in [0.1, 0.15) is 12.2 Å². The van der Waals surface area contributed by atoms with Crippen LogP contribution in [0.25, 0.3) is 10.8 Å². The van der Waals surface area contributed by atoms with Crippen molar-refractivity contribution in [2.75, 3.05) is 64.7 Å². The molecule has 0 saturated heterocycles. The van der Waals surface area contributed by atoms with Gasteiger partial charge in [0.15, 0.2) is 0 Å². The SMILES string of the molecule is CC(C)(C)OC(=O)N(CCOCCOCCOCCOC(=O)c1ccccc1)C[C@H](C(=O)Nc1ccc2cnccc2c1)c1ccccc1. The molecule has 0 aliphatic rings. The van der Waals surface area contributed by atoms with Crippen LogP contribution in [0.3, 0.4) is 0 Å². The van der Waals surface area contributed by atoms with Crippen molar-refractivity contribution in [2.45, 2.75) is 32.3 Å². The monoisotopic (exact) mass is 671 g/mol. The molecule has 49 heavy (non-hydrogen) atoms. The highest BCUT2D eigenvalue weighted by molar-refractivity contribution is 5.98. The number of hydrogen-bond donors (Lipinski definition) is 1. The first-order chi connectivity index (χ1) is 23.7. The molecule has 1 heterocycles. The molecule has 0 aliphatic carbocycles. The summed E-state index contributed by atoms with van der Waals surface area (Å²) in [6, 6.07) is 25.7. The fourth-order valence-electron chi connectivity index (χ4n) is 4.79. The first-order valence-electron chi connectivity index (χ1n) is 16.3. The maximum Gasteiger partial charge on any atom is 0.410 e. The molecule has 0 spiro atoms. The number of esters is 1. The second-order valence-corrected chi connectivity index (χ2v) is 12.2. The number of carbonyl (C=O) groups is 3. The number of carbonyl (C=O) groups excluding carboxylic acids is 3. The summed E-state index contributed by atoms with van der Waals surface area (Å²) >= 11 is 0. The molecule has 0 unspecified atom stereocenters. The average molecular weight is 672 g/mol. The van der Waals surface area contributed by atoms with Crippen LogP contribution >= 0.6 is 0 Å². The van der Waals surface area contributed by atoms with Crippen LogP contribution in [0.15, 0.2) is 97.3 Å². The molecule has 11 nitrogen and oxygen atoms in total. The van der Waals surface area contributed by atoms with Gasteiger partial charge < -0.3 is 33.9 Å². The maximum atomic E-state index is 13.8. The second-order valence-electron chi connectivity index (χ2n) is 12.2. The molecule has 4 rings (SSSR count). The Labute approximate surface area is 287 Å². The Morgan fingerprint density at radius 2 is 1.39 bits per heavy atom. The van der Waals surface area contributed by atoms with E-state index >= 15 is 0 Å². The Kier molecular flexibility index (Phi) is 14.5. The standard InChI is InChI=1S/C38H45N3O8/c1-38(2,3)49-37(44)41(18-19-45-20-21-46-22-23-47-24-25-48-36(43)30-12-8-5-9-13-30)28-34(29-10-6-4-7-11-29)35(42)40-33-15-14-32-27-39-17-16-31(32)26-33/h4-17,26-27,34H,18-25,28H2,1-3H3,(H,40,42)/t34-/m0/s1. The Morgan fingerprint density at radius 3 is 2.06 bits per heavy atom. The van der Waals surface area contributed by atoms with E-state index in [1.807, 2.05) is 60.7 Å². The number of anilines is 1. The van der Waals surface area contributed by atoms with Crippen LogP contribution in [0.1, 0.15) is 42.6 Å². The topological polar surface area (TPSA) is 126 Å². The summed E-state index contributed by atoms with van der Waals surface area (Å²) in [5.41, 5.74) is 1.19. The summed E-state index contributed by atoms with van der Waals surface area (Å²) in [5.74, 6) is -1.31. The Morgan fingerprint density at radius 1 is 0.755 bits per heavy atom. The minimum atomic E-state index is -0.722. The van der Waals surface area contributed by atoms with E-state index in [0.29, 0.717) is 37.7 Å². The van der Waals surface area contributed by atoms with Crippen LogP contribution in [0.5, 0.6) is 0 Å². The highest BCUT2D eigenvalue weighted by atomic mass is 16.6. The van der Waals surface area contributed by atoms with Crippen LogP contribution in [0, 0.1) is 0 Å². The van der Waals surface area contributed by atoms with Crippen LogP contribution in [0.2, 0.25) is 0 Å². The number of nitrogens with zero attached hydrogens (tertiary/aromatic N) is 2. The average Bonchev–Trinajstić information content (AvgIpc) is 3.09. The van der Waals surface area contributed by atoms with Gasteiger partial charge in [0.05, 0.1) is 51.1 Å². The lowest BCUT2D eigenvalue weighted by molar-refractivity contribution is -0.118. The van der Waals surface area contributed by atoms with Crippen molar-refractivity contribution >= 4 is 34.4 Å². The van der Waals surface area contributed by atoms with Gasteiger partial charge in [-0.15, -0.1) is 0 Å². The van der Waals surface area contributed by atoms with E-state index in [4.69, 9.17) is 23.7 Å². The lowest BCUT2D eigenvalue weighted by atomic mass is 9.97. The van der Waals surface area contributed by atoms with Crippen molar-refractivity contribution in [2.24, 2.45) is 0 Å². The van der Waals surface area contributed by atoms with E-state index in [1.54, 1.807) is 57.4 Å². The Hall–Kier alpha value is -4.84. The maximum absolute atomic E-state index is 13.8. The fraction of sp³-hybridized carbons (Fsp3) is 0.368. The second kappa shape index (κ2) is 19.2. The van der Waals surface area contributed by atoms with Crippen LogP contribution in [0.4, 0.5) is 10.5 Å². The van der Waals surface area contributed by atoms with Gasteiger partial charge in [-0.05, 0) is 62.1 Å². The minimum absolute atomic E-state index is 0.0835. The van der Waals surface area contributed by atoms with Gasteiger partial charge in [-0.25, -0.2) is 9.59 Å². The molecule has 0 saturated carbocycles. The first-order valence-corrected chi connectivity index (χ1v) is 16.3. The van der Waals surface area contributed by atoms with E-state index in [9.17, 15) is 14.4 Å². The normalized spacial score (nSPS) is 11.9. The van der Waals surface area contributed by atoms with Crippen molar-refractivity contribution in [3.63, 3.8) is 0 Å². The number of ether oxygens (including phenoxy) is 5. The molecule has 3 aromatic carbocycles. The van der Waals surface area contributed by atoms with Crippen LogP contribution < -0.4 is 5.32 Å². The summed E-state index contributed by atoms with van der Waals surface area (Å²) in [4.78, 5) is 44.7. The molecule has 0 bridgehead atoms. The number of rotatable bonds is 18. The number of pyridine rings is 1. The van der Waals surface area contributed by atoms with Gasteiger partial charge in [0.2, 0.25) is 5.91 Å². The van der Waals surface area contributed by atoms with Crippen LogP contribution in [-0.4, -0.2) is 92.8 Å². The van der Waals surface area contributed by atoms with Gasteiger partial charge in [-0.2, -0.15) is 0 Å². The van der Waals surface area contributed by atoms with Crippen molar-refractivity contribution in [3.05, 3.63) is 108 Å². The smallest absolute Gasteiger partial charge is 0.410 e. The summed E-state index contributed by atoms with van der Waals surface area (Å²) in [6.07, 6.45) is 2.94. The molecule has 1 aromatic heterocycles. The molecule has 2 amide bonds. The molecule has 4 aromatic rings. The van der Waals surface area contributed by atoms with Crippen molar-refractivity contribution in [1.82, 2.24) is 9.88 Å². The Bertz CT molecular complexity index is 1610. The third kappa shape index (κ3) is 12.9. The molecule has 0 aliphatic heterocycles. The molecule has 1 atom stereocenters. The predicted octanol–water partition coefficient (Wildman–Crippen LogP) is 6.10. The zero-order valence-electron chi connectivity index (χ0n) is 28.3. The van der Waals surface area contributed by atoms with E-state index in [1.165, 1.54) is 4.90 Å². The van der Waals surface area contributed by atoms with Gasteiger partial charge in [0, 0.05) is 36.6 Å².